The zero-order chi connectivity index (χ0) is 47.6. The lowest BCUT2D eigenvalue weighted by atomic mass is 9.98. The minimum absolute atomic E-state index is 0.0836. The summed E-state index contributed by atoms with van der Waals surface area (Å²) in [5.41, 5.74) is 15.5. The Bertz CT molecular complexity index is 2340. The second-order valence-electron chi connectivity index (χ2n) is 20.6. The van der Waals surface area contributed by atoms with Gasteiger partial charge in [-0.1, -0.05) is 71.2 Å². The van der Waals surface area contributed by atoms with Gasteiger partial charge in [-0.25, -0.2) is 29.5 Å². The number of fused-ring (bicyclic) bond motifs is 2. The standard InChI is InChI=1S/C24H32ClN5O2.C13H24N2O2.C11H9Cl2N3/c1-14-7-6-8-17(19(14)25)20-21(26)28-18(11-27-20)30-12-15-9-24(5,10-16(15)13-30)29-22(31)32-23(2,3)4;1-12(2,3)17-11(16)15-13(4)5-9-7-14-8-10(9)6-13;1-6-3-2-4-7(9(6)13)10-11(14)16-8(12)5-15-10/h6-8,11,15-16H,9-10,12-13H2,1-5H3,(H2,26,28)(H,29,31);9-10,14H,5-8H2,1-4H3,(H,15,16);2-5H,1H3,(H2,14,16)/t15-,16+,24?;9-,10+,13?;. The van der Waals surface area contributed by atoms with Crippen molar-refractivity contribution in [1.82, 2.24) is 35.9 Å². The van der Waals surface area contributed by atoms with Crippen molar-refractivity contribution >= 4 is 64.4 Å². The number of carbonyl (C=O) groups excluding carboxylic acids is 2. The molecule has 2 unspecified atom stereocenters. The fraction of sp³-hybridized carbons (Fsp3) is 0.542. The van der Waals surface area contributed by atoms with E-state index < -0.39 is 11.2 Å². The van der Waals surface area contributed by atoms with E-state index in [0.717, 1.165) is 91.8 Å². The van der Waals surface area contributed by atoms with Gasteiger partial charge in [0.2, 0.25) is 0 Å². The summed E-state index contributed by atoms with van der Waals surface area (Å²) in [5.74, 6) is 3.83. The number of nitrogen functional groups attached to an aromatic ring is 2. The number of anilines is 3. The number of nitrogens with one attached hydrogen (secondary N) is 3. The highest BCUT2D eigenvalue weighted by Crippen LogP contribution is 2.45. The van der Waals surface area contributed by atoms with Crippen LogP contribution in [0, 0.1) is 37.5 Å². The Morgan fingerprint density at radius 1 is 0.692 bits per heavy atom. The van der Waals surface area contributed by atoms with Crippen LogP contribution in [0.1, 0.15) is 92.2 Å². The highest BCUT2D eigenvalue weighted by Gasteiger charge is 2.48. The lowest BCUT2D eigenvalue weighted by Gasteiger charge is -2.30. The molecule has 65 heavy (non-hydrogen) atoms. The van der Waals surface area contributed by atoms with E-state index >= 15 is 0 Å². The number of aromatic nitrogens is 4. The number of nitrogens with two attached hydrogens (primary N) is 2. The summed E-state index contributed by atoms with van der Waals surface area (Å²) in [4.78, 5) is 43.6. The molecule has 4 aliphatic rings. The molecule has 0 spiro atoms. The molecule has 2 aromatic heterocycles. The van der Waals surface area contributed by atoms with E-state index in [1.54, 1.807) is 6.20 Å². The molecule has 14 nitrogen and oxygen atoms in total. The summed E-state index contributed by atoms with van der Waals surface area (Å²) in [6, 6.07) is 11.5. The van der Waals surface area contributed by atoms with E-state index in [2.05, 4.69) is 54.6 Å². The van der Waals surface area contributed by atoms with Crippen molar-refractivity contribution in [3.63, 3.8) is 0 Å². The first-order valence-corrected chi connectivity index (χ1v) is 23.3. The maximum absolute atomic E-state index is 12.3. The lowest BCUT2D eigenvalue weighted by molar-refractivity contribution is 0.0449. The molecule has 2 saturated heterocycles. The molecule has 0 radical (unpaired) electrons. The first-order chi connectivity index (χ1) is 30.3. The van der Waals surface area contributed by atoms with Crippen molar-refractivity contribution in [3.05, 3.63) is 75.1 Å². The van der Waals surface area contributed by atoms with Gasteiger partial charge in [0.15, 0.2) is 11.6 Å². The molecule has 7 N–H and O–H groups in total. The average molecular weight is 952 g/mol. The van der Waals surface area contributed by atoms with Crippen molar-refractivity contribution in [2.75, 3.05) is 42.5 Å². The van der Waals surface area contributed by atoms with Crippen LogP contribution in [0.15, 0.2) is 48.8 Å². The molecule has 2 aromatic carbocycles. The first kappa shape index (κ1) is 49.8. The fourth-order valence-electron chi connectivity index (χ4n) is 9.64. The van der Waals surface area contributed by atoms with Crippen LogP contribution in [0.2, 0.25) is 15.2 Å². The normalized spacial score (nSPS) is 24.5. The van der Waals surface area contributed by atoms with Crippen molar-refractivity contribution in [3.8, 4) is 22.5 Å². The van der Waals surface area contributed by atoms with Gasteiger partial charge in [-0.05, 0) is 143 Å². The van der Waals surface area contributed by atoms with Crippen molar-refractivity contribution in [1.29, 1.82) is 0 Å². The second kappa shape index (κ2) is 19.7. The lowest BCUT2D eigenvalue weighted by Crippen LogP contribution is -2.47. The molecule has 2 amide bonds. The summed E-state index contributed by atoms with van der Waals surface area (Å²) in [6.07, 6.45) is 6.54. The molecule has 2 aliphatic carbocycles. The third-order valence-corrected chi connectivity index (χ3v) is 13.5. The van der Waals surface area contributed by atoms with Crippen molar-refractivity contribution in [2.45, 2.75) is 117 Å². The number of carbonyl (C=O) groups is 2. The highest BCUT2D eigenvalue weighted by atomic mass is 35.5. The van der Waals surface area contributed by atoms with Gasteiger partial charge in [-0.2, -0.15) is 0 Å². The van der Waals surface area contributed by atoms with E-state index in [1.807, 2.05) is 91.8 Å². The Labute approximate surface area is 398 Å². The Morgan fingerprint density at radius 2 is 1.11 bits per heavy atom. The number of hydrogen-bond acceptors (Lipinski definition) is 12. The van der Waals surface area contributed by atoms with Gasteiger partial charge in [-0.3, -0.25) is 0 Å². The zero-order valence-corrected chi connectivity index (χ0v) is 41.5. The minimum atomic E-state index is -0.501. The monoisotopic (exact) mass is 950 g/mol. The smallest absolute Gasteiger partial charge is 0.408 e. The first-order valence-electron chi connectivity index (χ1n) is 22.2. The number of nitrogens with zero attached hydrogens (tertiary/aromatic N) is 5. The van der Waals surface area contributed by atoms with Crippen LogP contribution in [0.25, 0.3) is 22.5 Å². The molecule has 4 aromatic rings. The molecule has 17 heteroatoms. The SMILES string of the molecule is CC1(NC(=O)OC(C)(C)C)C[C@H]2CNC[C@H]2C1.Cc1cccc(-c2ncc(Cl)nc2N)c1Cl.Cc1cccc(-c2ncc(N3C[C@@H]4CC(C)(NC(=O)OC(C)(C)C)C[C@@H]4C3)nc2N)c1Cl. The molecular weight excluding hydrogens is 887 g/mol. The topological polar surface area (TPSA) is 196 Å². The van der Waals surface area contributed by atoms with E-state index in [4.69, 9.17) is 55.7 Å². The third kappa shape index (κ3) is 12.8. The molecule has 6 atom stereocenters. The number of aryl methyl sites for hydroxylation is 2. The molecule has 2 saturated carbocycles. The number of rotatable bonds is 5. The van der Waals surface area contributed by atoms with E-state index in [1.165, 1.54) is 6.20 Å². The summed E-state index contributed by atoms with van der Waals surface area (Å²) in [6.45, 7) is 23.4. The van der Waals surface area contributed by atoms with Gasteiger partial charge >= 0.3 is 12.2 Å². The Hall–Kier alpha value is -4.63. The Kier molecular flexibility index (Phi) is 15.1. The number of hydrogen-bond donors (Lipinski definition) is 5. The number of alkyl carbamates (subject to hydrolysis) is 2. The number of amides is 2. The van der Waals surface area contributed by atoms with Gasteiger partial charge in [0.05, 0.1) is 22.4 Å². The highest BCUT2D eigenvalue weighted by molar-refractivity contribution is 6.34. The van der Waals surface area contributed by atoms with E-state index in [-0.39, 0.29) is 34.2 Å². The van der Waals surface area contributed by atoms with Crippen molar-refractivity contribution < 1.29 is 19.1 Å². The number of ether oxygens (including phenoxy) is 2. The average Bonchev–Trinajstić information content (AvgIpc) is 3.92. The maximum atomic E-state index is 12.3. The van der Waals surface area contributed by atoms with Crippen LogP contribution in [0.5, 0.6) is 0 Å². The second-order valence-corrected chi connectivity index (χ2v) is 21.7. The molecule has 4 heterocycles. The molecule has 352 valence electrons. The van der Waals surface area contributed by atoms with Crippen LogP contribution >= 0.6 is 34.8 Å². The summed E-state index contributed by atoms with van der Waals surface area (Å²) in [5, 5.41) is 11.1. The predicted octanol–water partition coefficient (Wildman–Crippen LogP) is 10.1. The van der Waals surface area contributed by atoms with E-state index in [9.17, 15) is 9.59 Å². The Morgan fingerprint density at radius 3 is 1.52 bits per heavy atom. The molecule has 8 rings (SSSR count). The van der Waals surface area contributed by atoms with Crippen molar-refractivity contribution in [2.24, 2.45) is 23.7 Å². The summed E-state index contributed by atoms with van der Waals surface area (Å²) in [7, 11) is 0. The van der Waals surface area contributed by atoms with Crippen LogP contribution in [-0.4, -0.2) is 80.6 Å². The zero-order valence-electron chi connectivity index (χ0n) is 39.2. The van der Waals surface area contributed by atoms with Gasteiger partial charge in [0.1, 0.15) is 33.6 Å². The van der Waals surface area contributed by atoms with Crippen LogP contribution in [0.4, 0.5) is 27.0 Å². The van der Waals surface area contributed by atoms with Gasteiger partial charge in [0.25, 0.3) is 0 Å². The predicted molar refractivity (Wildman–Crippen MR) is 261 cm³/mol. The van der Waals surface area contributed by atoms with Gasteiger partial charge in [-0.15, -0.1) is 0 Å². The van der Waals surface area contributed by atoms with E-state index in [0.29, 0.717) is 39.1 Å². The van der Waals surface area contributed by atoms with Crippen LogP contribution < -0.4 is 32.3 Å². The van der Waals surface area contributed by atoms with Gasteiger partial charge < -0.3 is 41.8 Å². The minimum Gasteiger partial charge on any atom is -0.444 e. The number of halogens is 3. The summed E-state index contributed by atoms with van der Waals surface area (Å²) < 4.78 is 10.8. The fourth-order valence-corrected chi connectivity index (χ4v) is 10.2. The van der Waals surface area contributed by atoms with Crippen LogP contribution in [0.3, 0.4) is 0 Å². The van der Waals surface area contributed by atoms with Crippen LogP contribution in [-0.2, 0) is 9.47 Å². The summed E-state index contributed by atoms with van der Waals surface area (Å²) >= 11 is 18.3. The third-order valence-electron chi connectivity index (χ3n) is 12.3. The molecule has 2 aliphatic heterocycles. The molecule has 4 fully saturated rings. The maximum Gasteiger partial charge on any atom is 0.408 e. The Balaban J connectivity index is 0.000000178. The quantitative estimate of drug-likeness (QED) is 0.127. The molecule has 0 bridgehead atoms. The number of benzene rings is 2. The molecular formula is C48H65Cl3N10O4. The van der Waals surface area contributed by atoms with Gasteiger partial charge in [0, 0.05) is 35.3 Å². The largest absolute Gasteiger partial charge is 0.444 e.